The van der Waals surface area contributed by atoms with Crippen LogP contribution >= 0.6 is 34.4 Å². The van der Waals surface area contributed by atoms with Gasteiger partial charge in [-0.05, 0) is 31.0 Å². The highest BCUT2D eigenvalue weighted by molar-refractivity contribution is 7.98. The molecule has 0 radical (unpaired) electrons. The fourth-order valence-electron chi connectivity index (χ4n) is 3.42. The standard InChI is InChI=1S/C22H16N4O2S3/c1-11-17-19(28)25-16(26-22(17)31-18(11)12(2)27)9-29-20-14-8-15(13-6-4-3-5-7-13)30-21(14)24-10-23-20/h3-8,10H,9H2,1-2H3,(H,25,26,28). The van der Waals surface area contributed by atoms with Crippen molar-refractivity contribution in [3.8, 4) is 10.4 Å². The van der Waals surface area contributed by atoms with Crippen molar-refractivity contribution in [2.45, 2.75) is 24.6 Å². The van der Waals surface area contributed by atoms with Gasteiger partial charge in [-0.2, -0.15) is 0 Å². The van der Waals surface area contributed by atoms with E-state index in [0.29, 0.717) is 32.2 Å². The van der Waals surface area contributed by atoms with Crippen LogP contribution in [0.15, 0.2) is 52.5 Å². The van der Waals surface area contributed by atoms with Crippen LogP contribution in [-0.4, -0.2) is 25.7 Å². The SMILES string of the molecule is CC(=O)c1sc2nc(CSc3ncnc4sc(-c5ccccc5)cc34)[nH]c(=O)c2c1C. The van der Waals surface area contributed by atoms with E-state index in [1.807, 2.05) is 18.2 Å². The summed E-state index contributed by atoms with van der Waals surface area (Å²) in [5, 5.41) is 2.34. The molecular weight excluding hydrogens is 448 g/mol. The molecule has 0 amide bonds. The first-order valence-electron chi connectivity index (χ1n) is 9.47. The average Bonchev–Trinajstić information content (AvgIpc) is 3.35. The molecule has 5 aromatic rings. The number of aromatic nitrogens is 4. The van der Waals surface area contributed by atoms with Crippen molar-refractivity contribution in [3.63, 3.8) is 0 Å². The molecule has 0 aliphatic heterocycles. The van der Waals surface area contributed by atoms with E-state index in [9.17, 15) is 9.59 Å². The van der Waals surface area contributed by atoms with Crippen LogP contribution in [0, 0.1) is 6.92 Å². The summed E-state index contributed by atoms with van der Waals surface area (Å²) < 4.78 is 0. The number of fused-ring (bicyclic) bond motifs is 2. The molecule has 1 N–H and O–H groups in total. The van der Waals surface area contributed by atoms with Gasteiger partial charge in [0, 0.05) is 10.3 Å². The van der Waals surface area contributed by atoms with Crippen LogP contribution in [0.1, 0.15) is 28.0 Å². The Morgan fingerprint density at radius 2 is 1.94 bits per heavy atom. The van der Waals surface area contributed by atoms with Crippen molar-refractivity contribution < 1.29 is 4.79 Å². The summed E-state index contributed by atoms with van der Waals surface area (Å²) in [5.74, 6) is 0.968. The molecule has 0 atom stereocenters. The lowest BCUT2D eigenvalue weighted by Gasteiger charge is -2.02. The quantitative estimate of drug-likeness (QED) is 0.211. The predicted octanol–water partition coefficient (Wildman–Crippen LogP) is 5.46. The lowest BCUT2D eigenvalue weighted by atomic mass is 10.2. The first kappa shape index (κ1) is 20.0. The van der Waals surface area contributed by atoms with E-state index in [0.717, 1.165) is 25.7 Å². The van der Waals surface area contributed by atoms with E-state index in [-0.39, 0.29) is 11.3 Å². The smallest absolute Gasteiger partial charge is 0.259 e. The highest BCUT2D eigenvalue weighted by atomic mass is 32.2. The molecule has 0 aliphatic carbocycles. The molecule has 1 aromatic carbocycles. The van der Waals surface area contributed by atoms with E-state index in [1.54, 1.807) is 24.6 Å². The maximum Gasteiger partial charge on any atom is 0.259 e. The number of carbonyl (C=O) groups excluding carboxylic acids is 1. The summed E-state index contributed by atoms with van der Waals surface area (Å²) in [4.78, 5) is 44.0. The first-order valence-corrected chi connectivity index (χ1v) is 12.1. The lowest BCUT2D eigenvalue weighted by Crippen LogP contribution is -2.11. The number of H-pyrrole nitrogens is 1. The molecule has 4 aromatic heterocycles. The van der Waals surface area contributed by atoms with Gasteiger partial charge >= 0.3 is 0 Å². The first-order chi connectivity index (χ1) is 15.0. The average molecular weight is 465 g/mol. The second-order valence-electron chi connectivity index (χ2n) is 6.97. The second-order valence-corrected chi connectivity index (χ2v) is 9.96. The third-order valence-electron chi connectivity index (χ3n) is 4.87. The Morgan fingerprint density at radius 1 is 1.13 bits per heavy atom. The molecule has 0 fully saturated rings. The van der Waals surface area contributed by atoms with Gasteiger partial charge in [-0.15, -0.1) is 22.7 Å². The summed E-state index contributed by atoms with van der Waals surface area (Å²) in [6.07, 6.45) is 1.57. The van der Waals surface area contributed by atoms with Gasteiger partial charge in [0.1, 0.15) is 26.8 Å². The normalized spacial score (nSPS) is 11.4. The number of aromatic amines is 1. The minimum atomic E-state index is -0.211. The van der Waals surface area contributed by atoms with Gasteiger partial charge in [0.2, 0.25) is 0 Å². The number of rotatable bonds is 5. The molecule has 31 heavy (non-hydrogen) atoms. The molecule has 6 nitrogen and oxygen atoms in total. The van der Waals surface area contributed by atoms with Crippen LogP contribution in [-0.2, 0) is 5.75 Å². The van der Waals surface area contributed by atoms with Crippen LogP contribution in [0.25, 0.3) is 30.9 Å². The van der Waals surface area contributed by atoms with Crippen molar-refractivity contribution in [2.24, 2.45) is 0 Å². The Bertz CT molecular complexity index is 1500. The number of aryl methyl sites for hydroxylation is 1. The minimum Gasteiger partial charge on any atom is -0.309 e. The van der Waals surface area contributed by atoms with E-state index < -0.39 is 0 Å². The number of Topliss-reactive ketones (excluding diaryl/α,β-unsaturated/α-hetero) is 1. The molecule has 0 bridgehead atoms. The number of thioether (sulfide) groups is 1. The summed E-state index contributed by atoms with van der Waals surface area (Å²) >= 11 is 4.41. The van der Waals surface area contributed by atoms with E-state index in [4.69, 9.17) is 0 Å². The summed E-state index contributed by atoms with van der Waals surface area (Å²) in [6, 6.07) is 12.3. The molecule has 0 unspecified atom stereocenters. The Morgan fingerprint density at radius 3 is 2.71 bits per heavy atom. The summed E-state index contributed by atoms with van der Waals surface area (Å²) in [5.41, 5.74) is 1.63. The monoisotopic (exact) mass is 464 g/mol. The lowest BCUT2D eigenvalue weighted by molar-refractivity contribution is 0.102. The number of hydrogen-bond acceptors (Lipinski definition) is 8. The Hall–Kier alpha value is -2.88. The van der Waals surface area contributed by atoms with Gasteiger partial charge in [0.05, 0.1) is 16.0 Å². The molecule has 154 valence electrons. The van der Waals surface area contributed by atoms with Crippen molar-refractivity contribution >= 4 is 60.7 Å². The van der Waals surface area contributed by atoms with Gasteiger partial charge in [0.15, 0.2) is 5.78 Å². The predicted molar refractivity (Wildman–Crippen MR) is 127 cm³/mol. The second kappa shape index (κ2) is 7.99. The van der Waals surface area contributed by atoms with Gasteiger partial charge in [-0.1, -0.05) is 42.1 Å². The third-order valence-corrected chi connectivity index (χ3v) is 8.26. The summed E-state index contributed by atoms with van der Waals surface area (Å²) in [6.45, 7) is 3.30. The number of thiophene rings is 2. The zero-order valence-corrected chi connectivity index (χ0v) is 19.1. The molecular formula is C22H16N4O2S3. The van der Waals surface area contributed by atoms with Crippen LogP contribution in [0.2, 0.25) is 0 Å². The van der Waals surface area contributed by atoms with Gasteiger partial charge in [-0.25, -0.2) is 15.0 Å². The number of hydrogen-bond donors (Lipinski definition) is 1. The molecule has 0 saturated heterocycles. The van der Waals surface area contributed by atoms with Crippen LogP contribution in [0.3, 0.4) is 0 Å². The molecule has 4 heterocycles. The Balaban J connectivity index is 1.47. The van der Waals surface area contributed by atoms with Crippen molar-refractivity contribution in [2.75, 3.05) is 0 Å². The molecule has 0 aliphatic rings. The van der Waals surface area contributed by atoms with Crippen LogP contribution < -0.4 is 5.56 Å². The maximum atomic E-state index is 12.6. The maximum absolute atomic E-state index is 12.6. The fraction of sp³-hybridized carbons (Fsp3) is 0.136. The minimum absolute atomic E-state index is 0.0501. The fourth-order valence-corrected chi connectivity index (χ4v) is 6.43. The highest BCUT2D eigenvalue weighted by Crippen LogP contribution is 2.37. The molecule has 0 saturated carbocycles. The van der Waals surface area contributed by atoms with Crippen molar-refractivity contribution in [3.05, 3.63) is 69.3 Å². The van der Waals surface area contributed by atoms with Gasteiger partial charge < -0.3 is 4.98 Å². The van der Waals surface area contributed by atoms with Gasteiger partial charge in [-0.3, -0.25) is 9.59 Å². The summed E-state index contributed by atoms with van der Waals surface area (Å²) in [7, 11) is 0. The molecule has 5 rings (SSSR count). The largest absolute Gasteiger partial charge is 0.309 e. The van der Waals surface area contributed by atoms with Crippen molar-refractivity contribution in [1.29, 1.82) is 0 Å². The zero-order valence-electron chi connectivity index (χ0n) is 16.6. The number of nitrogens with zero attached hydrogens (tertiary/aromatic N) is 3. The Kier molecular flexibility index (Phi) is 5.17. The number of benzene rings is 1. The molecule has 9 heteroatoms. The zero-order chi connectivity index (χ0) is 21.5. The van der Waals surface area contributed by atoms with Gasteiger partial charge in [0.25, 0.3) is 5.56 Å². The number of carbonyl (C=O) groups is 1. The van der Waals surface area contributed by atoms with E-state index in [2.05, 4.69) is 38.1 Å². The van der Waals surface area contributed by atoms with Crippen LogP contribution in [0.5, 0.6) is 0 Å². The Labute approximate surface area is 189 Å². The topological polar surface area (TPSA) is 88.6 Å². The highest BCUT2D eigenvalue weighted by Gasteiger charge is 2.17. The number of ketones is 1. The van der Waals surface area contributed by atoms with Crippen molar-refractivity contribution in [1.82, 2.24) is 19.9 Å². The molecule has 0 spiro atoms. The van der Waals surface area contributed by atoms with Crippen LogP contribution in [0.4, 0.5) is 0 Å². The third kappa shape index (κ3) is 3.69. The van der Waals surface area contributed by atoms with E-state index >= 15 is 0 Å². The number of nitrogens with one attached hydrogen (secondary N) is 1. The van der Waals surface area contributed by atoms with E-state index in [1.165, 1.54) is 30.0 Å².